The second-order valence-electron chi connectivity index (χ2n) is 36.2. The SMILES string of the molecule is CC(C)(C)c1ccc2c(c1)c1cc(-c3ccc(-c4ccc(-c5c6ccccc6c(-c6ccc(-c7ccc(-c8ccccc8)cc7)cc6)c6ccccc56)cc4)cc3)ccc1n2-c1ccccc1.CC(C)(C)c1ccc2c(c1)c1cc(-c3ccc(-c4ccc(-c5c6ccccc6c(-c6ccc(-c7ccccc7)cc6)c6ccccc56)cc4)cc3)ccc1n2-c1ccccc1. The van der Waals surface area contributed by atoms with Crippen LogP contribution in [0.5, 0.6) is 0 Å². The Morgan fingerprint density at radius 2 is 0.297 bits per heavy atom. The largest absolute Gasteiger partial charge is 0.309 e. The van der Waals surface area contributed by atoms with Crippen LogP contribution >= 0.6 is 0 Å². The molecule has 2 nitrogen and oxygen atoms in total. The van der Waals surface area contributed by atoms with Gasteiger partial charge in [-0.2, -0.15) is 0 Å². The van der Waals surface area contributed by atoms with Crippen LogP contribution < -0.4 is 0 Å². The topological polar surface area (TPSA) is 9.86 Å². The van der Waals surface area contributed by atoms with Gasteiger partial charge in [-0.15, -0.1) is 0 Å². The van der Waals surface area contributed by atoms with E-state index in [2.05, 4.69) is 512 Å². The Kier molecular flexibility index (Phi) is 19.8. The first-order chi connectivity index (χ1) is 62.7. The van der Waals surface area contributed by atoms with Crippen molar-refractivity contribution in [3.8, 4) is 134 Å². The van der Waals surface area contributed by atoms with Gasteiger partial charge in [0.15, 0.2) is 0 Å². The van der Waals surface area contributed by atoms with Gasteiger partial charge in [-0.05, 0) is 260 Å². The molecule has 0 radical (unpaired) electrons. The Balaban J connectivity index is 0.000000151. The molecular weight excluding hydrogens is 1540 g/mol. The van der Waals surface area contributed by atoms with Gasteiger partial charge in [0.05, 0.1) is 22.1 Å². The van der Waals surface area contributed by atoms with Gasteiger partial charge >= 0.3 is 0 Å². The maximum absolute atomic E-state index is 2.40. The molecule has 23 aromatic rings. The summed E-state index contributed by atoms with van der Waals surface area (Å²) < 4.78 is 4.80. The van der Waals surface area contributed by atoms with Crippen molar-refractivity contribution in [1.29, 1.82) is 0 Å². The van der Waals surface area contributed by atoms with Crippen LogP contribution in [0, 0.1) is 0 Å². The maximum Gasteiger partial charge on any atom is 0.0541 e. The number of para-hydroxylation sites is 2. The lowest BCUT2D eigenvalue weighted by Crippen LogP contribution is -2.10. The van der Waals surface area contributed by atoms with E-state index in [1.54, 1.807) is 0 Å². The standard InChI is InChI=1S/C66H49N.C60H45N/c1-66(2,3)54-39-41-63-61(43-54)60-42-53(38-40-62(60)67(63)55-16-8-5-9-17-55)50-28-26-47(27-29-50)49-32-36-52(37-33-49)65-58-20-12-10-18-56(58)64(57-19-11-13-21-59(57)65)51-34-30-48(31-35-51)46-24-22-45(23-25-46)44-14-6-4-7-15-44;1-60(2,3)48-35-37-57-55(39-48)54-38-47(34-36-56(54)61(57)49-16-8-5-9-17-49)44-24-22-42(23-25-44)43-28-32-46(33-29-43)59-52-20-12-10-18-50(52)58(51-19-11-13-21-53(51)59)45-30-26-41(27-31-45)40-14-6-4-7-15-40/h4-43H,1-3H3;4-39H,1-3H3. The van der Waals surface area contributed by atoms with E-state index < -0.39 is 0 Å². The molecule has 2 aromatic heterocycles. The minimum absolute atomic E-state index is 0.0550. The van der Waals surface area contributed by atoms with Crippen molar-refractivity contribution in [2.24, 2.45) is 0 Å². The Bertz CT molecular complexity index is 8000. The zero-order chi connectivity index (χ0) is 86.1. The van der Waals surface area contributed by atoms with Crippen LogP contribution in [-0.2, 0) is 10.8 Å². The molecule has 2 heteroatoms. The predicted molar refractivity (Wildman–Crippen MR) is 549 cm³/mol. The predicted octanol–water partition coefficient (Wildman–Crippen LogP) is 35.1. The van der Waals surface area contributed by atoms with Crippen LogP contribution in [0.15, 0.2) is 461 Å². The third-order valence-corrected chi connectivity index (χ3v) is 26.4. The molecule has 23 rings (SSSR count). The summed E-state index contributed by atoms with van der Waals surface area (Å²) in [7, 11) is 0. The van der Waals surface area contributed by atoms with Crippen LogP contribution in [0.3, 0.4) is 0 Å². The van der Waals surface area contributed by atoms with Crippen molar-refractivity contribution in [2.75, 3.05) is 0 Å². The lowest BCUT2D eigenvalue weighted by molar-refractivity contribution is 0.591. The minimum Gasteiger partial charge on any atom is -0.309 e. The Hall–Kier alpha value is -15.7. The summed E-state index contributed by atoms with van der Waals surface area (Å²) >= 11 is 0. The summed E-state index contributed by atoms with van der Waals surface area (Å²) in [6.45, 7) is 13.7. The number of benzene rings is 21. The highest BCUT2D eigenvalue weighted by Crippen LogP contribution is 2.49. The molecule has 2 heterocycles. The highest BCUT2D eigenvalue weighted by Gasteiger charge is 2.25. The molecule has 0 amide bonds. The summed E-state index contributed by atoms with van der Waals surface area (Å²) in [6.07, 6.45) is 0. The number of aromatic nitrogens is 2. The van der Waals surface area contributed by atoms with Crippen molar-refractivity contribution in [2.45, 2.75) is 52.4 Å². The zero-order valence-electron chi connectivity index (χ0n) is 72.8. The Morgan fingerprint density at radius 3 is 0.516 bits per heavy atom. The molecule has 0 fully saturated rings. The normalized spacial score (nSPS) is 11.8. The fourth-order valence-corrected chi connectivity index (χ4v) is 19.7. The highest BCUT2D eigenvalue weighted by atomic mass is 15.0. The van der Waals surface area contributed by atoms with E-state index in [-0.39, 0.29) is 10.8 Å². The minimum atomic E-state index is 0.0550. The quantitative estimate of drug-likeness (QED) is 0.102. The first-order valence-corrected chi connectivity index (χ1v) is 44.7. The summed E-state index contributed by atoms with van der Waals surface area (Å²) in [5, 5.41) is 15.2. The van der Waals surface area contributed by atoms with Crippen LogP contribution in [-0.4, -0.2) is 9.13 Å². The van der Waals surface area contributed by atoms with E-state index in [0.29, 0.717) is 0 Å². The van der Waals surface area contributed by atoms with Crippen LogP contribution in [0.4, 0.5) is 0 Å². The average molecular weight is 1640 g/mol. The molecule has 0 unspecified atom stereocenters. The lowest BCUT2D eigenvalue weighted by Gasteiger charge is -2.19. The van der Waals surface area contributed by atoms with Gasteiger partial charge in [0.1, 0.15) is 0 Å². The maximum atomic E-state index is 2.40. The van der Waals surface area contributed by atoms with E-state index in [0.717, 1.165) is 0 Å². The fourth-order valence-electron chi connectivity index (χ4n) is 19.7. The van der Waals surface area contributed by atoms with Crippen LogP contribution in [0.25, 0.3) is 220 Å². The van der Waals surface area contributed by atoms with Crippen molar-refractivity contribution < 1.29 is 0 Å². The molecule has 0 aliphatic heterocycles. The van der Waals surface area contributed by atoms with Gasteiger partial charge in [0, 0.05) is 32.9 Å². The zero-order valence-corrected chi connectivity index (χ0v) is 72.8. The molecular formula is C126H94N2. The summed E-state index contributed by atoms with van der Waals surface area (Å²) in [5.74, 6) is 0. The summed E-state index contributed by atoms with van der Waals surface area (Å²) in [6, 6.07) is 170. The van der Waals surface area contributed by atoms with Gasteiger partial charge in [-0.1, -0.05) is 430 Å². The third-order valence-electron chi connectivity index (χ3n) is 26.4. The summed E-state index contributed by atoms with van der Waals surface area (Å²) in [4.78, 5) is 0. The highest BCUT2D eigenvalue weighted by molar-refractivity contribution is 6.23. The van der Waals surface area contributed by atoms with E-state index in [4.69, 9.17) is 0 Å². The molecule has 0 N–H and O–H groups in total. The number of hydrogen-bond donors (Lipinski definition) is 0. The Morgan fingerprint density at radius 1 is 0.133 bits per heavy atom. The van der Waals surface area contributed by atoms with E-state index in [9.17, 15) is 0 Å². The molecule has 0 bridgehead atoms. The van der Waals surface area contributed by atoms with Gasteiger partial charge in [0.2, 0.25) is 0 Å². The first-order valence-electron chi connectivity index (χ1n) is 44.7. The van der Waals surface area contributed by atoms with Gasteiger partial charge in [0.25, 0.3) is 0 Å². The van der Waals surface area contributed by atoms with E-state index >= 15 is 0 Å². The van der Waals surface area contributed by atoms with Crippen molar-refractivity contribution in [3.63, 3.8) is 0 Å². The molecule has 0 aliphatic carbocycles. The lowest BCUT2D eigenvalue weighted by atomic mass is 9.85. The van der Waals surface area contributed by atoms with E-state index in [1.807, 2.05) is 0 Å². The Labute approximate surface area is 748 Å². The third kappa shape index (κ3) is 14.4. The number of hydrogen-bond acceptors (Lipinski definition) is 0. The molecule has 0 spiro atoms. The number of nitrogens with zero attached hydrogens (tertiary/aromatic N) is 2. The molecule has 0 atom stereocenters. The second-order valence-corrected chi connectivity index (χ2v) is 36.2. The van der Waals surface area contributed by atoms with Crippen molar-refractivity contribution in [3.05, 3.63) is 472 Å². The first kappa shape index (κ1) is 78.3. The van der Waals surface area contributed by atoms with Gasteiger partial charge in [-0.25, -0.2) is 0 Å². The van der Waals surface area contributed by atoms with Crippen molar-refractivity contribution in [1.82, 2.24) is 9.13 Å². The number of rotatable bonds is 13. The monoisotopic (exact) mass is 1630 g/mol. The molecule has 0 aliphatic rings. The molecule has 128 heavy (non-hydrogen) atoms. The van der Waals surface area contributed by atoms with Crippen LogP contribution in [0.2, 0.25) is 0 Å². The van der Waals surface area contributed by atoms with Crippen LogP contribution in [0.1, 0.15) is 52.7 Å². The van der Waals surface area contributed by atoms with Gasteiger partial charge in [-0.3, -0.25) is 0 Å². The smallest absolute Gasteiger partial charge is 0.0541 e. The number of fused-ring (bicyclic) bond motifs is 10. The molecule has 21 aromatic carbocycles. The second kappa shape index (κ2) is 32.4. The average Bonchev–Trinajstić information content (AvgIpc) is 0.836. The molecule has 608 valence electrons. The summed E-state index contributed by atoms with van der Waals surface area (Å²) in [5.41, 5.74) is 37.0. The van der Waals surface area contributed by atoms with Gasteiger partial charge < -0.3 is 9.13 Å². The molecule has 0 saturated carbocycles. The molecule has 0 saturated heterocycles. The van der Waals surface area contributed by atoms with Crippen molar-refractivity contribution >= 4 is 86.7 Å². The fraction of sp³-hybridized carbons (Fsp3) is 0.0635. The van der Waals surface area contributed by atoms with E-state index in [1.165, 1.54) is 232 Å².